The minimum Gasteiger partial charge on any atom is -0.480 e. The van der Waals surface area contributed by atoms with E-state index in [1.54, 1.807) is 37.3 Å². The van der Waals surface area contributed by atoms with E-state index in [2.05, 4.69) is 42.5 Å². The summed E-state index contributed by atoms with van der Waals surface area (Å²) in [7, 11) is 0. The zero-order valence-corrected chi connectivity index (χ0v) is 48.9. The van der Waals surface area contributed by atoms with Crippen LogP contribution in [0.2, 0.25) is 0 Å². The van der Waals surface area contributed by atoms with Gasteiger partial charge in [-0.05, 0) is 105 Å². The number of nitrogens with one attached hydrogen (secondary N) is 8. The molecule has 0 aliphatic heterocycles. The van der Waals surface area contributed by atoms with Gasteiger partial charge in [0.1, 0.15) is 48.3 Å². The Hall–Kier alpha value is -5.63. The van der Waals surface area contributed by atoms with Crippen molar-refractivity contribution in [1.82, 2.24) is 42.5 Å². The molecule has 13 N–H and O–H groups in total. The molecule has 0 heterocycles. The second-order valence-corrected chi connectivity index (χ2v) is 23.5. The van der Waals surface area contributed by atoms with Crippen molar-refractivity contribution in [3.05, 3.63) is 35.9 Å². The number of carbonyl (C=O) groups is 9. The van der Waals surface area contributed by atoms with Crippen LogP contribution in [0.3, 0.4) is 0 Å². The Kier molecular flexibility index (Phi) is 32.2. The molecule has 8 amide bonds. The molecule has 0 radical (unpaired) electrons. The van der Waals surface area contributed by atoms with E-state index in [1.165, 1.54) is 0 Å². The fourth-order valence-electron chi connectivity index (χ4n) is 8.76. The highest BCUT2D eigenvalue weighted by Gasteiger charge is 2.37. The Morgan fingerprint density at radius 3 is 1.09 bits per heavy atom. The van der Waals surface area contributed by atoms with Gasteiger partial charge in [-0.1, -0.05) is 140 Å². The fraction of sp³-hybridized carbons (Fsp3) is 0.737. The van der Waals surface area contributed by atoms with Crippen molar-refractivity contribution in [3.8, 4) is 0 Å². The lowest BCUT2D eigenvalue weighted by molar-refractivity contribution is -0.143. The van der Waals surface area contributed by atoms with E-state index in [4.69, 9.17) is 11.5 Å². The summed E-state index contributed by atoms with van der Waals surface area (Å²) in [5, 5.41) is 32.2. The van der Waals surface area contributed by atoms with Crippen LogP contribution in [0.25, 0.3) is 0 Å². The summed E-state index contributed by atoms with van der Waals surface area (Å²) < 4.78 is 0. The summed E-state index contributed by atoms with van der Waals surface area (Å²) in [5.41, 5.74) is 12.5. The predicted molar refractivity (Wildman–Crippen MR) is 300 cm³/mol. The van der Waals surface area contributed by atoms with Crippen LogP contribution in [0, 0.1) is 41.4 Å². The SMILES string of the molecule is CC[C@H](C)[C@H](NC(=O)[C@H](CC(C)C)NC(=O)[C@@H](N)CCCCN)C(=O)N[C@@H](CC(C)C)C(=O)N[C@@H](Cc1ccccc1)C(=O)N[C@@H](CC(C)C)C(=O)N[C@@H](CC(C)C)C(=O)N[C@@H](CC(C)C)C(=O)N[C@@H](CC(C)C)C(=O)O. The van der Waals surface area contributed by atoms with Crippen molar-refractivity contribution in [1.29, 1.82) is 0 Å². The van der Waals surface area contributed by atoms with Gasteiger partial charge in [-0.2, -0.15) is 0 Å². The van der Waals surface area contributed by atoms with E-state index >= 15 is 0 Å². The number of hydrogen-bond donors (Lipinski definition) is 11. The third-order valence-electron chi connectivity index (χ3n) is 13.0. The quantitative estimate of drug-likeness (QED) is 0.0422. The number of carboxylic acid groups (broad SMARTS) is 1. The van der Waals surface area contributed by atoms with Crippen molar-refractivity contribution < 1.29 is 48.3 Å². The van der Waals surface area contributed by atoms with Gasteiger partial charge >= 0.3 is 5.97 Å². The van der Waals surface area contributed by atoms with Crippen LogP contribution in [-0.2, 0) is 49.6 Å². The lowest BCUT2D eigenvalue weighted by Crippen LogP contribution is -2.61. The van der Waals surface area contributed by atoms with Crippen molar-refractivity contribution in [2.75, 3.05) is 6.54 Å². The molecule has 0 aliphatic rings. The van der Waals surface area contributed by atoms with Crippen LogP contribution in [0.15, 0.2) is 30.3 Å². The number of benzene rings is 1. The molecule has 1 aromatic carbocycles. The Balaban J connectivity index is 3.59. The van der Waals surface area contributed by atoms with Gasteiger partial charge in [0.05, 0.1) is 6.04 Å². The molecule has 438 valence electrons. The minimum absolute atomic E-state index is 0.000445. The first-order chi connectivity index (χ1) is 36.0. The van der Waals surface area contributed by atoms with Gasteiger partial charge in [0, 0.05) is 6.42 Å². The molecule has 0 saturated heterocycles. The van der Waals surface area contributed by atoms with Crippen LogP contribution in [0.5, 0.6) is 0 Å². The van der Waals surface area contributed by atoms with Gasteiger partial charge in [0.15, 0.2) is 0 Å². The predicted octanol–water partition coefficient (Wildman–Crippen LogP) is 3.97. The minimum atomic E-state index is -1.26. The standard InChI is InChI=1S/C57H100N10O10/c1-15-38(14)48(67-55(74)45(29-36(10)11)60-49(68)40(59)23-19-20-24-58)56(75)65-44(28-35(8)9)52(71)64-46(31-39-21-17-16-18-22-39)54(73)63-42(26-33(4)5)51(70)61-41(25-32(2)3)50(69)62-43(27-34(6)7)53(72)66-47(57(76)77)30-37(12)13/h16-18,21-22,32-38,40-48H,15,19-20,23-31,58-59H2,1-14H3,(H,60,68)(H,61,70)(H,62,69)(H,63,73)(H,64,71)(H,65,75)(H,66,72)(H,67,74)(H,76,77)/t38-,40-,41-,42-,43-,44-,45-,46-,47-,48-/m0/s1. The van der Waals surface area contributed by atoms with Crippen LogP contribution < -0.4 is 54.0 Å². The van der Waals surface area contributed by atoms with Gasteiger partial charge in [-0.3, -0.25) is 38.4 Å². The number of carboxylic acids is 1. The molecule has 1 rings (SSSR count). The average molecular weight is 1090 g/mol. The summed E-state index contributed by atoms with van der Waals surface area (Å²) in [6.45, 7) is 26.5. The van der Waals surface area contributed by atoms with E-state index < -0.39 is 114 Å². The maximum Gasteiger partial charge on any atom is 0.326 e. The summed E-state index contributed by atoms with van der Waals surface area (Å²) in [4.78, 5) is 125. The Bertz CT molecular complexity index is 2020. The van der Waals surface area contributed by atoms with Crippen LogP contribution in [0.4, 0.5) is 0 Å². The van der Waals surface area contributed by atoms with Crippen LogP contribution in [-0.4, -0.2) is 119 Å². The number of rotatable bonds is 37. The largest absolute Gasteiger partial charge is 0.480 e. The number of hydrogen-bond acceptors (Lipinski definition) is 11. The Morgan fingerprint density at radius 2 is 0.740 bits per heavy atom. The molecule has 0 spiro atoms. The molecule has 20 heteroatoms. The number of nitrogens with two attached hydrogens (primary N) is 2. The van der Waals surface area contributed by atoms with E-state index in [9.17, 15) is 48.3 Å². The maximum absolute atomic E-state index is 14.6. The highest BCUT2D eigenvalue weighted by molar-refractivity contribution is 5.98. The summed E-state index contributed by atoms with van der Waals surface area (Å²) >= 11 is 0. The van der Waals surface area contributed by atoms with Gasteiger partial charge in [-0.15, -0.1) is 0 Å². The number of unbranched alkanes of at least 4 members (excludes halogenated alkanes) is 1. The monoisotopic (exact) mass is 1080 g/mol. The van der Waals surface area contributed by atoms with E-state index in [1.807, 2.05) is 90.0 Å². The number of amides is 8. The second kappa shape index (κ2) is 35.7. The van der Waals surface area contributed by atoms with E-state index in [-0.39, 0.29) is 80.5 Å². The summed E-state index contributed by atoms with van der Waals surface area (Å²) in [6.07, 6.45) is 3.31. The first-order valence-electron chi connectivity index (χ1n) is 28.1. The molecule has 77 heavy (non-hydrogen) atoms. The van der Waals surface area contributed by atoms with Crippen molar-refractivity contribution in [3.63, 3.8) is 0 Å². The molecule has 10 atom stereocenters. The van der Waals surface area contributed by atoms with Gasteiger partial charge in [-0.25, -0.2) is 4.79 Å². The third kappa shape index (κ3) is 27.5. The smallest absolute Gasteiger partial charge is 0.326 e. The molecule has 0 fully saturated rings. The highest BCUT2D eigenvalue weighted by atomic mass is 16.4. The number of aliphatic carboxylic acids is 1. The van der Waals surface area contributed by atoms with Crippen molar-refractivity contribution >= 4 is 53.2 Å². The van der Waals surface area contributed by atoms with Gasteiger partial charge in [0.25, 0.3) is 0 Å². The lowest BCUT2D eigenvalue weighted by Gasteiger charge is -2.30. The summed E-state index contributed by atoms with van der Waals surface area (Å²) in [6, 6.07) is -1.07. The average Bonchev–Trinajstić information content (AvgIpc) is 3.32. The van der Waals surface area contributed by atoms with Crippen LogP contribution >= 0.6 is 0 Å². The molecule has 0 bridgehead atoms. The first-order valence-corrected chi connectivity index (χ1v) is 28.1. The van der Waals surface area contributed by atoms with Crippen molar-refractivity contribution in [2.24, 2.45) is 52.9 Å². The van der Waals surface area contributed by atoms with Crippen LogP contribution in [0.1, 0.15) is 167 Å². The van der Waals surface area contributed by atoms with E-state index in [0.29, 0.717) is 37.8 Å². The van der Waals surface area contributed by atoms with Crippen molar-refractivity contribution in [2.45, 2.75) is 222 Å². The molecular weight excluding hydrogens is 985 g/mol. The first kappa shape index (κ1) is 69.4. The molecular formula is C57H100N10O10. The zero-order chi connectivity index (χ0) is 58.7. The van der Waals surface area contributed by atoms with E-state index in [0.717, 1.165) is 0 Å². The molecule has 0 aromatic heterocycles. The highest BCUT2D eigenvalue weighted by Crippen LogP contribution is 2.17. The maximum atomic E-state index is 14.6. The second-order valence-electron chi connectivity index (χ2n) is 23.5. The topological polar surface area (TPSA) is 322 Å². The Morgan fingerprint density at radius 1 is 0.429 bits per heavy atom. The number of carbonyl (C=O) groups excluding carboxylic acids is 8. The molecule has 20 nitrogen and oxygen atoms in total. The molecule has 1 aromatic rings. The molecule has 0 saturated carbocycles. The third-order valence-corrected chi connectivity index (χ3v) is 13.0. The molecule has 0 aliphatic carbocycles. The lowest BCUT2D eigenvalue weighted by atomic mass is 9.95. The normalized spacial score (nSPS) is 15.6. The fourth-order valence-corrected chi connectivity index (χ4v) is 8.76. The van der Waals surface area contributed by atoms with Gasteiger partial charge in [0.2, 0.25) is 47.3 Å². The zero-order valence-electron chi connectivity index (χ0n) is 48.9. The van der Waals surface area contributed by atoms with Gasteiger partial charge < -0.3 is 59.1 Å². The molecule has 0 unspecified atom stereocenters. The Labute approximate surface area is 459 Å². The summed E-state index contributed by atoms with van der Waals surface area (Å²) in [5.74, 6) is -7.16.